The lowest BCUT2D eigenvalue weighted by atomic mass is 9.94. The fraction of sp³-hybridized carbons (Fsp3) is 0.500. The quantitative estimate of drug-likeness (QED) is 0.775. The third-order valence-corrected chi connectivity index (χ3v) is 7.27. The molecule has 1 saturated heterocycles. The van der Waals surface area contributed by atoms with Gasteiger partial charge in [0.2, 0.25) is 15.9 Å². The van der Waals surface area contributed by atoms with Crippen molar-refractivity contribution >= 4 is 15.9 Å². The summed E-state index contributed by atoms with van der Waals surface area (Å²) in [6, 6.07) is 4.92. The Kier molecular flexibility index (Phi) is 6.38. The van der Waals surface area contributed by atoms with Crippen molar-refractivity contribution in [2.45, 2.75) is 44.0 Å². The molecule has 29 heavy (non-hydrogen) atoms. The number of benzene rings is 1. The maximum Gasteiger partial charge on any atom is 0.243 e. The zero-order chi connectivity index (χ0) is 21.2. The molecule has 1 aromatic heterocycles. The summed E-state index contributed by atoms with van der Waals surface area (Å²) in [6.45, 7) is 4.49. The molecule has 1 aromatic carbocycles. The van der Waals surface area contributed by atoms with E-state index in [1.54, 1.807) is 4.68 Å². The number of carbonyl (C=O) groups is 1. The Bertz CT molecular complexity index is 981. The second-order valence-electron chi connectivity index (χ2n) is 7.64. The smallest absolute Gasteiger partial charge is 0.243 e. The standard InChI is InChI=1S/C20H27FN4O3S/c1-14(19-13-24(3)23-15(19)2)22-20(26)11-16-7-9-25(10-8-16)29(27,28)18-6-4-5-17(21)12-18/h4-6,12-14,16H,7-11H2,1-3H3,(H,22,26)/t14-/m1/s1. The van der Waals surface area contributed by atoms with Crippen LogP contribution >= 0.6 is 0 Å². The number of amides is 1. The van der Waals surface area contributed by atoms with Gasteiger partial charge >= 0.3 is 0 Å². The molecular weight excluding hydrogens is 395 g/mol. The molecule has 1 fully saturated rings. The van der Waals surface area contributed by atoms with E-state index < -0.39 is 15.8 Å². The van der Waals surface area contributed by atoms with E-state index in [1.807, 2.05) is 27.1 Å². The topological polar surface area (TPSA) is 84.3 Å². The minimum atomic E-state index is -3.71. The predicted octanol–water partition coefficient (Wildman–Crippen LogP) is 2.54. The predicted molar refractivity (Wildman–Crippen MR) is 107 cm³/mol. The first-order chi connectivity index (χ1) is 13.7. The Balaban J connectivity index is 1.53. The van der Waals surface area contributed by atoms with E-state index >= 15 is 0 Å². The third kappa shape index (κ3) is 5.02. The van der Waals surface area contributed by atoms with Gasteiger partial charge < -0.3 is 5.32 Å². The van der Waals surface area contributed by atoms with Gasteiger partial charge in [-0.2, -0.15) is 9.40 Å². The monoisotopic (exact) mass is 422 g/mol. The first-order valence-corrected chi connectivity index (χ1v) is 11.2. The van der Waals surface area contributed by atoms with Gasteiger partial charge in [-0.3, -0.25) is 9.48 Å². The fourth-order valence-electron chi connectivity index (χ4n) is 3.81. The van der Waals surface area contributed by atoms with Gasteiger partial charge in [-0.15, -0.1) is 0 Å². The van der Waals surface area contributed by atoms with Crippen LogP contribution in [0.3, 0.4) is 0 Å². The van der Waals surface area contributed by atoms with Gasteiger partial charge in [0, 0.05) is 38.3 Å². The second-order valence-corrected chi connectivity index (χ2v) is 9.58. The molecule has 0 radical (unpaired) electrons. The van der Waals surface area contributed by atoms with Crippen LogP contribution in [0.2, 0.25) is 0 Å². The minimum absolute atomic E-state index is 0.0330. The third-order valence-electron chi connectivity index (χ3n) is 5.38. The molecule has 0 bridgehead atoms. The van der Waals surface area contributed by atoms with E-state index in [2.05, 4.69) is 10.4 Å². The van der Waals surface area contributed by atoms with Gasteiger partial charge in [0.05, 0.1) is 16.6 Å². The lowest BCUT2D eigenvalue weighted by molar-refractivity contribution is -0.122. The number of hydrogen-bond acceptors (Lipinski definition) is 4. The molecule has 1 aliphatic rings. The van der Waals surface area contributed by atoms with Crippen LogP contribution < -0.4 is 5.32 Å². The molecule has 7 nitrogen and oxygen atoms in total. The van der Waals surface area contributed by atoms with Gasteiger partial charge in [-0.05, 0) is 50.8 Å². The molecule has 0 saturated carbocycles. The number of halogens is 1. The van der Waals surface area contributed by atoms with Gasteiger partial charge in [0.15, 0.2) is 0 Å². The van der Waals surface area contributed by atoms with Gasteiger partial charge in [0.1, 0.15) is 5.82 Å². The normalized spacial score (nSPS) is 17.2. The summed E-state index contributed by atoms with van der Waals surface area (Å²) in [5.41, 5.74) is 1.87. The molecule has 3 rings (SSSR count). The Morgan fingerprint density at radius 1 is 1.34 bits per heavy atom. The van der Waals surface area contributed by atoms with Crippen LogP contribution in [0.4, 0.5) is 4.39 Å². The number of rotatable bonds is 6. The second kappa shape index (κ2) is 8.62. The van der Waals surface area contributed by atoms with E-state index in [4.69, 9.17) is 0 Å². The van der Waals surface area contributed by atoms with Crippen LogP contribution in [0.25, 0.3) is 0 Å². The number of sulfonamides is 1. The first-order valence-electron chi connectivity index (χ1n) is 9.72. The molecule has 0 aliphatic carbocycles. The van der Waals surface area contributed by atoms with Crippen molar-refractivity contribution in [2.24, 2.45) is 13.0 Å². The number of aromatic nitrogens is 2. The molecule has 1 atom stereocenters. The van der Waals surface area contributed by atoms with Crippen LogP contribution in [0.5, 0.6) is 0 Å². The maximum absolute atomic E-state index is 13.4. The summed E-state index contributed by atoms with van der Waals surface area (Å²) in [4.78, 5) is 12.4. The highest BCUT2D eigenvalue weighted by atomic mass is 32.2. The highest BCUT2D eigenvalue weighted by Crippen LogP contribution is 2.26. The van der Waals surface area contributed by atoms with Crippen molar-refractivity contribution in [2.75, 3.05) is 13.1 Å². The van der Waals surface area contributed by atoms with E-state index in [0.717, 1.165) is 17.3 Å². The van der Waals surface area contributed by atoms with Gasteiger partial charge in [0.25, 0.3) is 0 Å². The first kappa shape index (κ1) is 21.4. The Morgan fingerprint density at radius 2 is 2.03 bits per heavy atom. The van der Waals surface area contributed by atoms with Crippen LogP contribution in [-0.2, 0) is 21.9 Å². The van der Waals surface area contributed by atoms with Crippen molar-refractivity contribution in [1.82, 2.24) is 19.4 Å². The summed E-state index contributed by atoms with van der Waals surface area (Å²) in [5, 5.41) is 7.30. The van der Waals surface area contributed by atoms with Crippen molar-refractivity contribution < 1.29 is 17.6 Å². The van der Waals surface area contributed by atoms with Gasteiger partial charge in [-0.25, -0.2) is 12.8 Å². The lowest BCUT2D eigenvalue weighted by Gasteiger charge is -2.31. The Labute approximate surface area is 171 Å². The molecule has 2 aromatic rings. The van der Waals surface area contributed by atoms with Crippen LogP contribution in [0.15, 0.2) is 35.4 Å². The average molecular weight is 423 g/mol. The fourth-order valence-corrected chi connectivity index (χ4v) is 5.32. The molecular formula is C20H27FN4O3S. The highest BCUT2D eigenvalue weighted by molar-refractivity contribution is 7.89. The summed E-state index contributed by atoms with van der Waals surface area (Å²) in [6.07, 6.45) is 3.46. The molecule has 9 heteroatoms. The molecule has 2 heterocycles. The molecule has 0 spiro atoms. The molecule has 1 amide bonds. The van der Waals surface area contributed by atoms with E-state index in [9.17, 15) is 17.6 Å². The number of piperidine rings is 1. The van der Waals surface area contributed by atoms with Crippen molar-refractivity contribution in [3.8, 4) is 0 Å². The zero-order valence-corrected chi connectivity index (χ0v) is 17.7. The number of nitrogens with one attached hydrogen (secondary N) is 1. The maximum atomic E-state index is 13.4. The van der Waals surface area contributed by atoms with Crippen molar-refractivity contribution in [1.29, 1.82) is 0 Å². The Hall–Kier alpha value is -2.26. The molecule has 1 aliphatic heterocycles. The van der Waals surface area contributed by atoms with Crippen LogP contribution in [0.1, 0.15) is 43.5 Å². The number of nitrogens with zero attached hydrogens (tertiary/aromatic N) is 3. The zero-order valence-electron chi connectivity index (χ0n) is 16.9. The minimum Gasteiger partial charge on any atom is -0.349 e. The van der Waals surface area contributed by atoms with E-state index in [0.29, 0.717) is 32.4 Å². The number of hydrogen-bond donors (Lipinski definition) is 1. The summed E-state index contributed by atoms with van der Waals surface area (Å²) >= 11 is 0. The largest absolute Gasteiger partial charge is 0.349 e. The SMILES string of the molecule is Cc1nn(C)cc1[C@@H](C)NC(=O)CC1CCN(S(=O)(=O)c2cccc(F)c2)CC1. The van der Waals surface area contributed by atoms with Crippen molar-refractivity contribution in [3.05, 3.63) is 47.5 Å². The van der Waals surface area contributed by atoms with E-state index in [-0.39, 0.29) is 22.8 Å². The summed E-state index contributed by atoms with van der Waals surface area (Å²) in [7, 11) is -1.87. The van der Waals surface area contributed by atoms with Gasteiger partial charge in [-0.1, -0.05) is 6.07 Å². The molecule has 0 unspecified atom stereocenters. The molecule has 1 N–H and O–H groups in total. The lowest BCUT2D eigenvalue weighted by Crippen LogP contribution is -2.39. The summed E-state index contributed by atoms with van der Waals surface area (Å²) in [5.74, 6) is -0.501. The molecule has 158 valence electrons. The van der Waals surface area contributed by atoms with Crippen LogP contribution in [-0.4, -0.2) is 41.5 Å². The number of carbonyl (C=O) groups excluding carboxylic acids is 1. The van der Waals surface area contributed by atoms with Crippen LogP contribution in [0, 0.1) is 18.7 Å². The summed E-state index contributed by atoms with van der Waals surface area (Å²) < 4.78 is 41.8. The number of aryl methyl sites for hydroxylation is 2. The average Bonchev–Trinajstić information content (AvgIpc) is 3.00. The van der Waals surface area contributed by atoms with Crippen molar-refractivity contribution in [3.63, 3.8) is 0 Å². The Morgan fingerprint density at radius 3 is 2.62 bits per heavy atom. The highest BCUT2D eigenvalue weighted by Gasteiger charge is 2.30. The van der Waals surface area contributed by atoms with E-state index in [1.165, 1.54) is 22.5 Å².